The predicted octanol–water partition coefficient (Wildman–Crippen LogP) is 2.23. The molecule has 6 nitrogen and oxygen atoms in total. The summed E-state index contributed by atoms with van der Waals surface area (Å²) in [6.07, 6.45) is 1.04. The third-order valence-corrected chi connectivity index (χ3v) is 4.14. The molecule has 0 aliphatic carbocycles. The van der Waals surface area contributed by atoms with Crippen LogP contribution in [0.5, 0.6) is 0 Å². The van der Waals surface area contributed by atoms with Gasteiger partial charge in [0.05, 0.1) is 12.5 Å². The summed E-state index contributed by atoms with van der Waals surface area (Å²) in [4.78, 5) is 24.8. The van der Waals surface area contributed by atoms with Gasteiger partial charge in [0.25, 0.3) is 0 Å². The van der Waals surface area contributed by atoms with E-state index in [-0.39, 0.29) is 11.9 Å². The van der Waals surface area contributed by atoms with Crippen molar-refractivity contribution in [3.8, 4) is 0 Å². The van der Waals surface area contributed by atoms with Crippen LogP contribution in [0.4, 0.5) is 4.79 Å². The smallest absolute Gasteiger partial charge is 0.317 e. The highest BCUT2D eigenvalue weighted by molar-refractivity contribution is 5.75. The van der Waals surface area contributed by atoms with E-state index in [1.807, 2.05) is 31.2 Å². The lowest BCUT2D eigenvalue weighted by atomic mass is 9.97. The quantitative estimate of drug-likeness (QED) is 0.842. The number of piperidine rings is 1. The summed E-state index contributed by atoms with van der Waals surface area (Å²) >= 11 is 0. The number of ether oxygens (including phenoxy) is 1. The van der Waals surface area contributed by atoms with E-state index < -0.39 is 5.97 Å². The molecule has 2 amide bonds. The molecule has 23 heavy (non-hydrogen) atoms. The summed E-state index contributed by atoms with van der Waals surface area (Å²) in [6, 6.07) is 7.73. The third kappa shape index (κ3) is 4.96. The number of rotatable bonds is 6. The van der Waals surface area contributed by atoms with Crippen molar-refractivity contribution in [1.29, 1.82) is 0 Å². The molecule has 0 unspecified atom stereocenters. The van der Waals surface area contributed by atoms with Crippen molar-refractivity contribution in [3.63, 3.8) is 0 Å². The molecule has 0 bridgehead atoms. The van der Waals surface area contributed by atoms with Crippen molar-refractivity contribution in [2.45, 2.75) is 32.9 Å². The van der Waals surface area contributed by atoms with E-state index in [9.17, 15) is 9.59 Å². The van der Waals surface area contributed by atoms with Crippen LogP contribution in [0.1, 0.15) is 30.9 Å². The van der Waals surface area contributed by atoms with Gasteiger partial charge in [0.2, 0.25) is 0 Å². The number of benzene rings is 1. The van der Waals surface area contributed by atoms with Gasteiger partial charge in [-0.1, -0.05) is 24.3 Å². The largest absolute Gasteiger partial charge is 0.481 e. The standard InChI is InChI=1S/C17H24N2O4/c1-2-23-12-15-6-4-3-5-14(15)11-18-17(22)19-9-7-13(8-10-19)16(20)21/h3-6,13H,2,7-12H2,1H3,(H,18,22)(H,20,21). The first-order valence-corrected chi connectivity index (χ1v) is 8.02. The lowest BCUT2D eigenvalue weighted by molar-refractivity contribution is -0.143. The van der Waals surface area contributed by atoms with Crippen LogP contribution >= 0.6 is 0 Å². The van der Waals surface area contributed by atoms with Crippen LogP contribution in [-0.4, -0.2) is 41.7 Å². The summed E-state index contributed by atoms with van der Waals surface area (Å²) in [7, 11) is 0. The van der Waals surface area contributed by atoms with Gasteiger partial charge in [0.15, 0.2) is 0 Å². The Morgan fingerprint density at radius 1 is 1.26 bits per heavy atom. The van der Waals surface area contributed by atoms with Gasteiger partial charge in [-0.3, -0.25) is 4.79 Å². The number of nitrogens with one attached hydrogen (secondary N) is 1. The number of amides is 2. The maximum atomic E-state index is 12.2. The van der Waals surface area contributed by atoms with E-state index in [4.69, 9.17) is 9.84 Å². The Morgan fingerprint density at radius 3 is 2.52 bits per heavy atom. The Bertz CT molecular complexity index is 539. The molecule has 1 aliphatic heterocycles. The summed E-state index contributed by atoms with van der Waals surface area (Å²) < 4.78 is 5.44. The molecule has 1 aromatic carbocycles. The number of carboxylic acids is 1. The predicted molar refractivity (Wildman–Crippen MR) is 85.9 cm³/mol. The van der Waals surface area contributed by atoms with E-state index in [0.717, 1.165) is 11.1 Å². The van der Waals surface area contributed by atoms with Gasteiger partial charge < -0.3 is 20.1 Å². The Kier molecular flexibility index (Phi) is 6.40. The molecular weight excluding hydrogens is 296 g/mol. The fourth-order valence-corrected chi connectivity index (χ4v) is 2.69. The van der Waals surface area contributed by atoms with E-state index in [1.54, 1.807) is 4.90 Å². The molecule has 0 spiro atoms. The Hall–Kier alpha value is -2.08. The Morgan fingerprint density at radius 2 is 1.91 bits per heavy atom. The SMILES string of the molecule is CCOCc1ccccc1CNC(=O)N1CCC(C(=O)O)CC1. The fraction of sp³-hybridized carbons (Fsp3) is 0.529. The van der Waals surface area contributed by atoms with Crippen LogP contribution in [0.3, 0.4) is 0 Å². The summed E-state index contributed by atoms with van der Waals surface area (Å²) in [5, 5.41) is 11.9. The molecule has 1 saturated heterocycles. The average molecular weight is 320 g/mol. The molecule has 126 valence electrons. The fourth-order valence-electron chi connectivity index (χ4n) is 2.69. The maximum absolute atomic E-state index is 12.2. The number of aliphatic carboxylic acids is 1. The molecule has 1 aliphatic rings. The van der Waals surface area contributed by atoms with Crippen molar-refractivity contribution < 1.29 is 19.4 Å². The number of hydrogen-bond donors (Lipinski definition) is 2. The molecule has 1 heterocycles. The van der Waals surface area contributed by atoms with Crippen LogP contribution in [-0.2, 0) is 22.7 Å². The second-order valence-electron chi connectivity index (χ2n) is 5.66. The number of carboxylic acid groups (broad SMARTS) is 1. The number of urea groups is 1. The molecule has 2 rings (SSSR count). The lowest BCUT2D eigenvalue weighted by Crippen LogP contribution is -2.45. The number of likely N-dealkylation sites (tertiary alicyclic amines) is 1. The van der Waals surface area contributed by atoms with Crippen molar-refractivity contribution >= 4 is 12.0 Å². The first-order chi connectivity index (χ1) is 11.1. The minimum absolute atomic E-state index is 0.139. The molecule has 0 saturated carbocycles. The van der Waals surface area contributed by atoms with E-state index in [1.165, 1.54) is 0 Å². The van der Waals surface area contributed by atoms with Crippen molar-refractivity contribution in [2.24, 2.45) is 5.92 Å². The molecule has 6 heteroatoms. The van der Waals surface area contributed by atoms with Gasteiger partial charge in [-0.2, -0.15) is 0 Å². The van der Waals surface area contributed by atoms with E-state index >= 15 is 0 Å². The number of carbonyl (C=O) groups is 2. The van der Waals surface area contributed by atoms with Crippen molar-refractivity contribution in [3.05, 3.63) is 35.4 Å². The van der Waals surface area contributed by atoms with Gasteiger partial charge in [0, 0.05) is 26.2 Å². The normalized spacial score (nSPS) is 15.4. The number of nitrogens with zero attached hydrogens (tertiary/aromatic N) is 1. The average Bonchev–Trinajstić information content (AvgIpc) is 2.58. The highest BCUT2D eigenvalue weighted by Gasteiger charge is 2.26. The minimum Gasteiger partial charge on any atom is -0.481 e. The second-order valence-corrected chi connectivity index (χ2v) is 5.66. The van der Waals surface area contributed by atoms with Gasteiger partial charge in [-0.15, -0.1) is 0 Å². The van der Waals surface area contributed by atoms with E-state index in [2.05, 4.69) is 5.32 Å². The van der Waals surface area contributed by atoms with Crippen molar-refractivity contribution in [1.82, 2.24) is 10.2 Å². The number of hydrogen-bond acceptors (Lipinski definition) is 3. The van der Waals surface area contributed by atoms with Gasteiger partial charge in [-0.05, 0) is 30.9 Å². The second kappa shape index (κ2) is 8.53. The topological polar surface area (TPSA) is 78.9 Å². The zero-order valence-corrected chi connectivity index (χ0v) is 13.5. The monoisotopic (exact) mass is 320 g/mol. The molecule has 1 aromatic rings. The molecule has 0 atom stereocenters. The Labute approximate surface area is 136 Å². The third-order valence-electron chi connectivity index (χ3n) is 4.14. The minimum atomic E-state index is -0.769. The van der Waals surface area contributed by atoms with Crippen LogP contribution in [0.15, 0.2) is 24.3 Å². The van der Waals surface area contributed by atoms with Crippen LogP contribution in [0.25, 0.3) is 0 Å². The highest BCUT2D eigenvalue weighted by atomic mass is 16.5. The zero-order chi connectivity index (χ0) is 16.7. The van der Waals surface area contributed by atoms with Gasteiger partial charge >= 0.3 is 12.0 Å². The lowest BCUT2D eigenvalue weighted by Gasteiger charge is -2.30. The summed E-state index contributed by atoms with van der Waals surface area (Å²) in [5.41, 5.74) is 2.11. The first-order valence-electron chi connectivity index (χ1n) is 8.02. The maximum Gasteiger partial charge on any atom is 0.317 e. The number of carbonyl (C=O) groups excluding carboxylic acids is 1. The van der Waals surface area contributed by atoms with Crippen LogP contribution in [0.2, 0.25) is 0 Å². The molecule has 2 N–H and O–H groups in total. The van der Waals surface area contributed by atoms with Crippen molar-refractivity contribution in [2.75, 3.05) is 19.7 Å². The molecular formula is C17H24N2O4. The first kappa shape index (κ1) is 17.3. The molecule has 1 fully saturated rings. The molecule has 0 radical (unpaired) electrons. The van der Waals surface area contributed by atoms with Gasteiger partial charge in [-0.25, -0.2) is 4.79 Å². The van der Waals surface area contributed by atoms with E-state index in [0.29, 0.717) is 45.7 Å². The van der Waals surface area contributed by atoms with Crippen LogP contribution in [0, 0.1) is 5.92 Å². The zero-order valence-electron chi connectivity index (χ0n) is 13.5. The summed E-state index contributed by atoms with van der Waals surface area (Å²) in [5.74, 6) is -1.10. The van der Waals surface area contributed by atoms with Gasteiger partial charge in [0.1, 0.15) is 0 Å². The van der Waals surface area contributed by atoms with Crippen LogP contribution < -0.4 is 5.32 Å². The Balaban J connectivity index is 1.84. The highest BCUT2D eigenvalue weighted by Crippen LogP contribution is 2.17. The summed E-state index contributed by atoms with van der Waals surface area (Å²) in [6.45, 7) is 4.56. The molecule has 0 aromatic heterocycles.